The van der Waals surface area contributed by atoms with Gasteiger partial charge in [0.05, 0.1) is 10.9 Å². The average Bonchev–Trinajstić information content (AvgIpc) is 2.72. The van der Waals surface area contributed by atoms with Gasteiger partial charge in [-0.05, 0) is 0 Å². The van der Waals surface area contributed by atoms with Crippen LogP contribution >= 0.6 is 0 Å². The summed E-state index contributed by atoms with van der Waals surface area (Å²) in [5.74, 6) is 0.937. The minimum atomic E-state index is -0.251. The maximum Gasteiger partial charge on any atom is 0.251 e. The van der Waals surface area contributed by atoms with Crippen LogP contribution in [0.3, 0.4) is 0 Å². The number of methoxy groups -OCH3 is 1. The summed E-state index contributed by atoms with van der Waals surface area (Å²) in [4.78, 5) is 15.5. The number of anilines is 2. The Morgan fingerprint density at radius 1 is 1.59 bits per heavy atom. The molecule has 0 saturated carbocycles. The number of carbonyl (C=O) groups is 1. The highest BCUT2D eigenvalue weighted by Crippen LogP contribution is 2.21. The fourth-order valence-corrected chi connectivity index (χ4v) is 1.44. The van der Waals surface area contributed by atoms with Crippen molar-refractivity contribution in [1.82, 2.24) is 15.2 Å². The molecular formula is C10H13N5O2. The van der Waals surface area contributed by atoms with Crippen molar-refractivity contribution in [2.75, 3.05) is 31.4 Å². The Hall–Kier alpha value is -2.15. The van der Waals surface area contributed by atoms with E-state index in [-0.39, 0.29) is 12.5 Å². The molecule has 2 rings (SSSR count). The molecule has 0 aromatic carbocycles. The van der Waals surface area contributed by atoms with Gasteiger partial charge in [0.25, 0.3) is 5.91 Å². The molecular weight excluding hydrogens is 222 g/mol. The van der Waals surface area contributed by atoms with Crippen LogP contribution in [-0.4, -0.2) is 41.9 Å². The average molecular weight is 235 g/mol. The van der Waals surface area contributed by atoms with Gasteiger partial charge in [-0.25, -0.2) is 4.98 Å². The van der Waals surface area contributed by atoms with Gasteiger partial charge in [0, 0.05) is 26.4 Å². The highest BCUT2D eigenvalue weighted by atomic mass is 16.5. The standard InChI is InChI=1S/C10H13N5O2/c1-11-8-3-7-6(4-12-8)10(15-14-7)13-9(16)5-17-2/h3-4H,5H2,1-2H3,(H,11,12)(H2,13,14,15,16). The van der Waals surface area contributed by atoms with E-state index in [0.29, 0.717) is 5.82 Å². The first-order valence-electron chi connectivity index (χ1n) is 5.05. The maximum atomic E-state index is 11.4. The fourth-order valence-electron chi connectivity index (χ4n) is 1.44. The molecule has 0 unspecified atom stereocenters. The predicted octanol–water partition coefficient (Wildman–Crippen LogP) is 0.584. The Morgan fingerprint density at radius 3 is 3.12 bits per heavy atom. The molecule has 0 spiro atoms. The van der Waals surface area contributed by atoms with Crippen LogP contribution in [0.4, 0.5) is 11.6 Å². The van der Waals surface area contributed by atoms with Crippen molar-refractivity contribution in [3.63, 3.8) is 0 Å². The Balaban J connectivity index is 2.27. The van der Waals surface area contributed by atoms with Crippen LogP contribution in [0, 0.1) is 0 Å². The van der Waals surface area contributed by atoms with Crippen LogP contribution in [0.15, 0.2) is 12.3 Å². The van der Waals surface area contributed by atoms with E-state index in [0.717, 1.165) is 16.7 Å². The van der Waals surface area contributed by atoms with Gasteiger partial charge in [0.2, 0.25) is 0 Å². The highest BCUT2D eigenvalue weighted by molar-refractivity contribution is 6.00. The number of ether oxygens (including phenoxy) is 1. The number of hydrogen-bond acceptors (Lipinski definition) is 5. The van der Waals surface area contributed by atoms with Crippen LogP contribution in [-0.2, 0) is 9.53 Å². The van der Waals surface area contributed by atoms with Crippen LogP contribution in [0.2, 0.25) is 0 Å². The number of carbonyl (C=O) groups excluding carboxylic acids is 1. The molecule has 0 aliphatic heterocycles. The number of H-pyrrole nitrogens is 1. The summed E-state index contributed by atoms with van der Waals surface area (Å²) in [5.41, 5.74) is 0.803. The van der Waals surface area contributed by atoms with E-state index >= 15 is 0 Å². The molecule has 0 fully saturated rings. The number of aromatic amines is 1. The molecule has 7 heteroatoms. The fraction of sp³-hybridized carbons (Fsp3) is 0.300. The van der Waals surface area contributed by atoms with Gasteiger partial charge in [-0.1, -0.05) is 0 Å². The van der Waals surface area contributed by atoms with Crippen molar-refractivity contribution in [3.05, 3.63) is 12.3 Å². The number of amides is 1. The molecule has 0 aliphatic carbocycles. The summed E-state index contributed by atoms with van der Waals surface area (Å²) in [7, 11) is 3.24. The lowest BCUT2D eigenvalue weighted by atomic mass is 10.3. The molecule has 0 bridgehead atoms. The number of nitrogens with zero attached hydrogens (tertiary/aromatic N) is 2. The van der Waals surface area contributed by atoms with E-state index in [1.165, 1.54) is 7.11 Å². The predicted molar refractivity (Wildman–Crippen MR) is 63.9 cm³/mol. The lowest BCUT2D eigenvalue weighted by Gasteiger charge is -2.01. The molecule has 3 N–H and O–H groups in total. The van der Waals surface area contributed by atoms with E-state index < -0.39 is 0 Å². The van der Waals surface area contributed by atoms with E-state index in [9.17, 15) is 4.79 Å². The van der Waals surface area contributed by atoms with Gasteiger partial charge in [-0.2, -0.15) is 5.10 Å². The van der Waals surface area contributed by atoms with Crippen molar-refractivity contribution in [3.8, 4) is 0 Å². The van der Waals surface area contributed by atoms with Gasteiger partial charge >= 0.3 is 0 Å². The topological polar surface area (TPSA) is 91.9 Å². The number of fused-ring (bicyclic) bond motifs is 1. The smallest absolute Gasteiger partial charge is 0.251 e. The number of hydrogen-bond donors (Lipinski definition) is 3. The van der Waals surface area contributed by atoms with Crippen LogP contribution in [0.25, 0.3) is 10.9 Å². The maximum absolute atomic E-state index is 11.4. The number of aromatic nitrogens is 3. The van der Waals surface area contributed by atoms with Crippen LogP contribution < -0.4 is 10.6 Å². The third-order valence-corrected chi connectivity index (χ3v) is 2.24. The van der Waals surface area contributed by atoms with Crippen LogP contribution in [0.5, 0.6) is 0 Å². The van der Waals surface area contributed by atoms with E-state index in [4.69, 9.17) is 4.74 Å². The van der Waals surface area contributed by atoms with Gasteiger partial charge in [0.1, 0.15) is 12.4 Å². The second kappa shape index (κ2) is 4.79. The largest absolute Gasteiger partial charge is 0.375 e. The lowest BCUT2D eigenvalue weighted by molar-refractivity contribution is -0.119. The summed E-state index contributed by atoms with van der Waals surface area (Å²) in [6, 6.07) is 1.81. The van der Waals surface area contributed by atoms with Crippen molar-refractivity contribution in [1.29, 1.82) is 0 Å². The first-order valence-corrected chi connectivity index (χ1v) is 5.05. The first kappa shape index (κ1) is 11.3. The number of nitrogens with one attached hydrogen (secondary N) is 3. The normalized spacial score (nSPS) is 10.5. The number of rotatable bonds is 4. The zero-order valence-electron chi connectivity index (χ0n) is 9.57. The van der Waals surface area contributed by atoms with Crippen molar-refractivity contribution in [2.45, 2.75) is 0 Å². The Bertz CT molecular complexity index is 536. The number of pyridine rings is 1. The van der Waals surface area contributed by atoms with E-state index in [1.807, 2.05) is 6.07 Å². The van der Waals surface area contributed by atoms with E-state index in [1.54, 1.807) is 13.2 Å². The van der Waals surface area contributed by atoms with Gasteiger partial charge < -0.3 is 15.4 Å². The third kappa shape index (κ3) is 2.34. The quantitative estimate of drug-likeness (QED) is 0.721. The minimum Gasteiger partial charge on any atom is -0.375 e. The monoisotopic (exact) mass is 235 g/mol. The molecule has 2 aromatic rings. The Morgan fingerprint density at radius 2 is 2.41 bits per heavy atom. The summed E-state index contributed by atoms with van der Waals surface area (Å²) >= 11 is 0. The van der Waals surface area contributed by atoms with Gasteiger partial charge in [-0.3, -0.25) is 9.89 Å². The SMILES string of the molecule is CNc1cc2[nH]nc(NC(=O)COC)c2cn1. The molecule has 2 heterocycles. The highest BCUT2D eigenvalue weighted by Gasteiger charge is 2.09. The molecule has 17 heavy (non-hydrogen) atoms. The molecule has 0 atom stereocenters. The van der Waals surface area contributed by atoms with Gasteiger partial charge in [-0.15, -0.1) is 0 Å². The zero-order valence-corrected chi connectivity index (χ0v) is 9.57. The summed E-state index contributed by atoms with van der Waals surface area (Å²) < 4.78 is 4.73. The summed E-state index contributed by atoms with van der Waals surface area (Å²) in [6.07, 6.45) is 1.65. The van der Waals surface area contributed by atoms with Crippen LogP contribution in [0.1, 0.15) is 0 Å². The molecule has 0 radical (unpaired) electrons. The molecule has 1 amide bonds. The molecule has 7 nitrogen and oxygen atoms in total. The van der Waals surface area contributed by atoms with Gasteiger partial charge in [0.15, 0.2) is 5.82 Å². The Kier molecular flexibility index (Phi) is 3.20. The second-order valence-electron chi connectivity index (χ2n) is 3.42. The zero-order chi connectivity index (χ0) is 12.3. The third-order valence-electron chi connectivity index (χ3n) is 2.24. The Labute approximate surface area is 97.6 Å². The van der Waals surface area contributed by atoms with Crippen molar-refractivity contribution < 1.29 is 9.53 Å². The molecule has 2 aromatic heterocycles. The van der Waals surface area contributed by atoms with Crippen molar-refractivity contribution >= 4 is 28.4 Å². The molecule has 90 valence electrons. The molecule has 0 aliphatic rings. The summed E-state index contributed by atoms with van der Waals surface area (Å²) in [6.45, 7) is -0.00359. The van der Waals surface area contributed by atoms with Crippen molar-refractivity contribution in [2.24, 2.45) is 0 Å². The van der Waals surface area contributed by atoms with E-state index in [2.05, 4.69) is 25.8 Å². The molecule has 0 saturated heterocycles. The first-order chi connectivity index (χ1) is 8.24. The lowest BCUT2D eigenvalue weighted by Crippen LogP contribution is -2.17. The second-order valence-corrected chi connectivity index (χ2v) is 3.42. The summed E-state index contributed by atoms with van der Waals surface area (Å²) in [5, 5.41) is 13.2. The minimum absolute atomic E-state index is 0.00359.